The lowest BCUT2D eigenvalue weighted by Crippen LogP contribution is -2.31. The SMILES string of the molecule is CC1C(Cc2ccccc2)CCN1CCCC(=O)O.Cl. The van der Waals surface area contributed by atoms with E-state index >= 15 is 0 Å². The molecule has 112 valence electrons. The summed E-state index contributed by atoms with van der Waals surface area (Å²) < 4.78 is 0. The van der Waals surface area contributed by atoms with Crippen molar-refractivity contribution in [2.24, 2.45) is 5.92 Å². The normalized spacial score (nSPS) is 22.4. The monoisotopic (exact) mass is 297 g/mol. The summed E-state index contributed by atoms with van der Waals surface area (Å²) in [5.41, 5.74) is 1.41. The molecule has 1 saturated heterocycles. The van der Waals surface area contributed by atoms with E-state index in [1.54, 1.807) is 0 Å². The van der Waals surface area contributed by atoms with E-state index in [0.29, 0.717) is 12.0 Å². The third-order valence-corrected chi connectivity index (χ3v) is 4.22. The Bertz CT molecular complexity index is 410. The summed E-state index contributed by atoms with van der Waals surface area (Å²) in [7, 11) is 0. The molecule has 4 heteroatoms. The van der Waals surface area contributed by atoms with Crippen LogP contribution in [0.15, 0.2) is 30.3 Å². The first-order chi connectivity index (χ1) is 9.16. The summed E-state index contributed by atoms with van der Waals surface area (Å²) in [6.07, 6.45) is 3.41. The van der Waals surface area contributed by atoms with Crippen LogP contribution in [0.2, 0.25) is 0 Å². The smallest absolute Gasteiger partial charge is 0.303 e. The molecule has 1 aromatic carbocycles. The second-order valence-corrected chi connectivity index (χ2v) is 5.51. The highest BCUT2D eigenvalue weighted by Crippen LogP contribution is 2.27. The Morgan fingerprint density at radius 2 is 2.05 bits per heavy atom. The molecule has 2 unspecified atom stereocenters. The fourth-order valence-corrected chi connectivity index (χ4v) is 3.01. The zero-order valence-electron chi connectivity index (χ0n) is 12.0. The Morgan fingerprint density at radius 3 is 2.70 bits per heavy atom. The third kappa shape index (κ3) is 4.80. The van der Waals surface area contributed by atoms with Crippen LogP contribution in [-0.4, -0.2) is 35.1 Å². The summed E-state index contributed by atoms with van der Waals surface area (Å²) >= 11 is 0. The van der Waals surface area contributed by atoms with Crippen molar-refractivity contribution < 1.29 is 9.90 Å². The van der Waals surface area contributed by atoms with Crippen molar-refractivity contribution >= 4 is 18.4 Å². The highest BCUT2D eigenvalue weighted by molar-refractivity contribution is 5.85. The number of rotatable bonds is 6. The highest BCUT2D eigenvalue weighted by atomic mass is 35.5. The van der Waals surface area contributed by atoms with E-state index in [9.17, 15) is 4.79 Å². The van der Waals surface area contributed by atoms with Crippen molar-refractivity contribution in [3.8, 4) is 0 Å². The number of carbonyl (C=O) groups is 1. The van der Waals surface area contributed by atoms with Gasteiger partial charge in [-0.2, -0.15) is 0 Å². The van der Waals surface area contributed by atoms with Gasteiger partial charge in [-0.15, -0.1) is 12.4 Å². The second kappa shape index (κ2) is 8.28. The molecule has 1 aliphatic rings. The average Bonchev–Trinajstić information content (AvgIpc) is 2.72. The predicted octanol–water partition coefficient (Wildman–Crippen LogP) is 3.23. The lowest BCUT2D eigenvalue weighted by Gasteiger charge is -2.24. The first kappa shape index (κ1) is 17.0. The number of aliphatic carboxylic acids is 1. The molecular weight excluding hydrogens is 274 g/mol. The lowest BCUT2D eigenvalue weighted by atomic mass is 9.93. The summed E-state index contributed by atoms with van der Waals surface area (Å²) in [4.78, 5) is 13.0. The molecule has 20 heavy (non-hydrogen) atoms. The molecular formula is C16H24ClNO2. The first-order valence-corrected chi connectivity index (χ1v) is 7.16. The topological polar surface area (TPSA) is 40.5 Å². The van der Waals surface area contributed by atoms with Gasteiger partial charge in [-0.1, -0.05) is 30.3 Å². The van der Waals surface area contributed by atoms with Crippen molar-refractivity contribution in [3.05, 3.63) is 35.9 Å². The fourth-order valence-electron chi connectivity index (χ4n) is 3.01. The molecule has 1 aliphatic heterocycles. The molecule has 0 spiro atoms. The minimum absolute atomic E-state index is 0. The quantitative estimate of drug-likeness (QED) is 0.876. The lowest BCUT2D eigenvalue weighted by molar-refractivity contribution is -0.137. The average molecular weight is 298 g/mol. The van der Waals surface area contributed by atoms with Crippen LogP contribution in [0.25, 0.3) is 0 Å². The van der Waals surface area contributed by atoms with Crippen LogP contribution in [0.1, 0.15) is 31.7 Å². The van der Waals surface area contributed by atoms with E-state index in [4.69, 9.17) is 5.11 Å². The van der Waals surface area contributed by atoms with Gasteiger partial charge in [0.25, 0.3) is 0 Å². The van der Waals surface area contributed by atoms with Crippen LogP contribution < -0.4 is 0 Å². The van der Waals surface area contributed by atoms with Crippen LogP contribution in [0.5, 0.6) is 0 Å². The van der Waals surface area contributed by atoms with E-state index in [0.717, 1.165) is 25.9 Å². The van der Waals surface area contributed by atoms with Gasteiger partial charge < -0.3 is 10.0 Å². The summed E-state index contributed by atoms with van der Waals surface area (Å²) in [6, 6.07) is 11.2. The first-order valence-electron chi connectivity index (χ1n) is 7.16. The Kier molecular flexibility index (Phi) is 7.03. The Labute approximate surface area is 127 Å². The zero-order valence-corrected chi connectivity index (χ0v) is 12.8. The molecule has 0 radical (unpaired) electrons. The second-order valence-electron chi connectivity index (χ2n) is 5.51. The Balaban J connectivity index is 0.00000200. The summed E-state index contributed by atoms with van der Waals surface area (Å²) in [5, 5.41) is 8.68. The maximum atomic E-state index is 10.5. The molecule has 0 bridgehead atoms. The predicted molar refractivity (Wildman–Crippen MR) is 83.4 cm³/mol. The largest absolute Gasteiger partial charge is 0.481 e. The van der Waals surface area contributed by atoms with Gasteiger partial charge in [-0.05, 0) is 50.8 Å². The van der Waals surface area contributed by atoms with Gasteiger partial charge in [0.05, 0.1) is 0 Å². The van der Waals surface area contributed by atoms with E-state index in [1.807, 2.05) is 0 Å². The van der Waals surface area contributed by atoms with E-state index < -0.39 is 5.97 Å². The summed E-state index contributed by atoms with van der Waals surface area (Å²) in [6.45, 7) is 4.30. The van der Waals surface area contributed by atoms with Crippen molar-refractivity contribution in [3.63, 3.8) is 0 Å². The Morgan fingerprint density at radius 1 is 1.35 bits per heavy atom. The minimum Gasteiger partial charge on any atom is -0.481 e. The third-order valence-electron chi connectivity index (χ3n) is 4.22. The van der Waals surface area contributed by atoms with E-state index in [1.165, 1.54) is 12.0 Å². The molecule has 1 N–H and O–H groups in total. The molecule has 2 rings (SSSR count). The van der Waals surface area contributed by atoms with Crippen molar-refractivity contribution in [1.29, 1.82) is 0 Å². The molecule has 0 aliphatic carbocycles. The number of carboxylic acid groups (broad SMARTS) is 1. The van der Waals surface area contributed by atoms with E-state index in [-0.39, 0.29) is 18.8 Å². The standard InChI is InChI=1S/C16H23NO2.ClH/c1-13-15(12-14-6-3-2-4-7-14)9-11-17(13)10-5-8-16(18)19;/h2-4,6-7,13,15H,5,8-12H2,1H3,(H,18,19);1H. The van der Waals surface area contributed by atoms with Gasteiger partial charge in [0, 0.05) is 12.5 Å². The van der Waals surface area contributed by atoms with Gasteiger partial charge >= 0.3 is 5.97 Å². The van der Waals surface area contributed by atoms with Crippen LogP contribution in [0.4, 0.5) is 0 Å². The van der Waals surface area contributed by atoms with Crippen molar-refractivity contribution in [1.82, 2.24) is 4.90 Å². The van der Waals surface area contributed by atoms with Gasteiger partial charge in [-0.25, -0.2) is 0 Å². The van der Waals surface area contributed by atoms with Gasteiger partial charge in [0.2, 0.25) is 0 Å². The van der Waals surface area contributed by atoms with Crippen LogP contribution >= 0.6 is 12.4 Å². The number of hydrogen-bond donors (Lipinski definition) is 1. The molecule has 0 amide bonds. The van der Waals surface area contributed by atoms with Crippen molar-refractivity contribution in [2.45, 2.75) is 38.6 Å². The minimum atomic E-state index is -0.687. The number of nitrogens with zero attached hydrogens (tertiary/aromatic N) is 1. The van der Waals surface area contributed by atoms with Crippen molar-refractivity contribution in [2.75, 3.05) is 13.1 Å². The molecule has 1 heterocycles. The number of benzene rings is 1. The zero-order chi connectivity index (χ0) is 13.7. The van der Waals surface area contributed by atoms with Crippen LogP contribution in [-0.2, 0) is 11.2 Å². The Hall–Kier alpha value is -1.06. The molecule has 1 aromatic rings. The molecule has 1 fully saturated rings. The number of halogens is 1. The number of carboxylic acids is 1. The molecule has 3 nitrogen and oxygen atoms in total. The van der Waals surface area contributed by atoms with Gasteiger partial charge in [0.1, 0.15) is 0 Å². The maximum Gasteiger partial charge on any atom is 0.303 e. The number of hydrogen-bond acceptors (Lipinski definition) is 2. The number of likely N-dealkylation sites (tertiary alicyclic amines) is 1. The highest BCUT2D eigenvalue weighted by Gasteiger charge is 2.30. The van der Waals surface area contributed by atoms with Crippen LogP contribution in [0, 0.1) is 5.92 Å². The molecule has 0 aromatic heterocycles. The van der Waals surface area contributed by atoms with Gasteiger partial charge in [0.15, 0.2) is 0 Å². The summed E-state index contributed by atoms with van der Waals surface area (Å²) in [5.74, 6) is 0.0138. The molecule has 0 saturated carbocycles. The van der Waals surface area contributed by atoms with Crippen LogP contribution in [0.3, 0.4) is 0 Å². The van der Waals surface area contributed by atoms with Gasteiger partial charge in [-0.3, -0.25) is 4.79 Å². The molecule has 2 atom stereocenters. The van der Waals surface area contributed by atoms with E-state index in [2.05, 4.69) is 42.2 Å². The fraction of sp³-hybridized carbons (Fsp3) is 0.562. The maximum absolute atomic E-state index is 10.5.